The second-order valence-corrected chi connectivity index (χ2v) is 8.65. The number of nitrogens with zero attached hydrogens (tertiary/aromatic N) is 3. The molecular formula is C23H27N3O3. The number of aryl methyl sites for hydroxylation is 3. The first-order valence-electron chi connectivity index (χ1n) is 10.0. The van der Waals surface area contributed by atoms with Crippen molar-refractivity contribution in [3.63, 3.8) is 0 Å². The molecule has 6 nitrogen and oxygen atoms in total. The van der Waals surface area contributed by atoms with Gasteiger partial charge in [-0.15, -0.1) is 5.10 Å². The summed E-state index contributed by atoms with van der Waals surface area (Å²) in [6.07, 6.45) is 3.02. The molecule has 0 amide bonds. The lowest BCUT2D eigenvalue weighted by atomic mass is 9.69. The van der Waals surface area contributed by atoms with Gasteiger partial charge in [0.15, 0.2) is 0 Å². The Hall–Kier alpha value is -2.73. The predicted octanol–water partition coefficient (Wildman–Crippen LogP) is 3.50. The Morgan fingerprint density at radius 3 is 2.72 bits per heavy atom. The summed E-state index contributed by atoms with van der Waals surface area (Å²) in [6, 6.07) is 8.11. The van der Waals surface area contributed by atoms with Crippen molar-refractivity contribution in [1.29, 1.82) is 0 Å². The first kappa shape index (κ1) is 19.6. The predicted molar refractivity (Wildman–Crippen MR) is 111 cm³/mol. The van der Waals surface area contributed by atoms with Crippen LogP contribution in [-0.4, -0.2) is 31.2 Å². The third-order valence-corrected chi connectivity index (χ3v) is 6.50. The van der Waals surface area contributed by atoms with Crippen LogP contribution < -0.4 is 0 Å². The Morgan fingerprint density at radius 2 is 2.03 bits per heavy atom. The van der Waals surface area contributed by atoms with Crippen LogP contribution in [0.1, 0.15) is 59.6 Å². The lowest BCUT2D eigenvalue weighted by Crippen LogP contribution is -2.32. The summed E-state index contributed by atoms with van der Waals surface area (Å²) in [6.45, 7) is 5.49. The van der Waals surface area contributed by atoms with Gasteiger partial charge < -0.3 is 10.2 Å². The molecule has 1 aromatic heterocycles. The topological polar surface area (TPSA) is 88.2 Å². The van der Waals surface area contributed by atoms with Crippen LogP contribution in [0.5, 0.6) is 0 Å². The largest absolute Gasteiger partial charge is 0.481 e. The molecule has 1 unspecified atom stereocenters. The number of aliphatic hydroxyl groups is 1. The molecule has 4 rings (SSSR count). The summed E-state index contributed by atoms with van der Waals surface area (Å²) in [5.74, 6) is -1.23. The number of fused-ring (bicyclic) bond motifs is 2. The van der Waals surface area contributed by atoms with Gasteiger partial charge in [-0.25, -0.2) is 4.68 Å². The number of rotatable bonds is 5. The number of carboxylic acid groups (broad SMARTS) is 1. The minimum absolute atomic E-state index is 0.0292. The average Bonchev–Trinajstić information content (AvgIpc) is 3.30. The first-order valence-corrected chi connectivity index (χ1v) is 10.0. The summed E-state index contributed by atoms with van der Waals surface area (Å²) < 4.78 is 1.72. The van der Waals surface area contributed by atoms with Crippen LogP contribution in [-0.2, 0) is 31.3 Å². The quantitative estimate of drug-likeness (QED) is 0.693. The molecule has 0 fully saturated rings. The Kier molecular flexibility index (Phi) is 4.69. The molecule has 3 aromatic rings. The molecule has 0 bridgehead atoms. The molecule has 152 valence electrons. The van der Waals surface area contributed by atoms with Gasteiger partial charge in [-0.2, -0.15) is 0 Å². The lowest BCUT2D eigenvalue weighted by molar-refractivity contribution is -0.147. The Morgan fingerprint density at radius 1 is 1.28 bits per heavy atom. The maximum atomic E-state index is 12.3. The highest BCUT2D eigenvalue weighted by atomic mass is 16.4. The first-order chi connectivity index (χ1) is 13.8. The van der Waals surface area contributed by atoms with E-state index in [9.17, 15) is 15.0 Å². The fourth-order valence-corrected chi connectivity index (χ4v) is 4.80. The molecule has 0 saturated heterocycles. The van der Waals surface area contributed by atoms with Crippen molar-refractivity contribution >= 4 is 17.0 Å². The molecule has 6 heteroatoms. The van der Waals surface area contributed by atoms with E-state index in [2.05, 4.69) is 16.4 Å². The minimum Gasteiger partial charge on any atom is -0.481 e. The van der Waals surface area contributed by atoms with E-state index in [4.69, 9.17) is 0 Å². The van der Waals surface area contributed by atoms with Crippen LogP contribution in [0.15, 0.2) is 24.3 Å². The van der Waals surface area contributed by atoms with Gasteiger partial charge in [0.2, 0.25) is 0 Å². The lowest BCUT2D eigenvalue weighted by Gasteiger charge is -2.33. The van der Waals surface area contributed by atoms with E-state index >= 15 is 0 Å². The summed E-state index contributed by atoms with van der Waals surface area (Å²) in [5.41, 5.74) is 6.87. The maximum absolute atomic E-state index is 12.3. The van der Waals surface area contributed by atoms with Gasteiger partial charge in [0.05, 0.1) is 17.5 Å². The molecule has 0 spiro atoms. The molecule has 1 atom stereocenters. The summed E-state index contributed by atoms with van der Waals surface area (Å²) >= 11 is 0. The second kappa shape index (κ2) is 6.95. The van der Waals surface area contributed by atoms with E-state index in [-0.39, 0.29) is 12.5 Å². The van der Waals surface area contributed by atoms with E-state index in [0.717, 1.165) is 52.5 Å². The van der Waals surface area contributed by atoms with Crippen LogP contribution in [0, 0.1) is 12.3 Å². The van der Waals surface area contributed by atoms with Gasteiger partial charge in [0.1, 0.15) is 5.52 Å². The smallest absolute Gasteiger partial charge is 0.310 e. The van der Waals surface area contributed by atoms with E-state index in [1.54, 1.807) is 18.5 Å². The summed E-state index contributed by atoms with van der Waals surface area (Å²) in [4.78, 5) is 12.3. The molecule has 1 aliphatic rings. The molecule has 2 aromatic carbocycles. The minimum atomic E-state index is -1.04. The van der Waals surface area contributed by atoms with Crippen molar-refractivity contribution in [3.05, 3.63) is 57.6 Å². The highest BCUT2D eigenvalue weighted by molar-refractivity contribution is 5.81. The monoisotopic (exact) mass is 393 g/mol. The fourth-order valence-electron chi connectivity index (χ4n) is 4.80. The fraction of sp³-hybridized carbons (Fsp3) is 0.435. The van der Waals surface area contributed by atoms with Gasteiger partial charge in [0.25, 0.3) is 0 Å². The molecule has 29 heavy (non-hydrogen) atoms. The van der Waals surface area contributed by atoms with E-state index < -0.39 is 11.4 Å². The number of aliphatic carboxylic acids is 1. The normalized spacial score (nSPS) is 14.9. The zero-order valence-electron chi connectivity index (χ0n) is 17.4. The van der Waals surface area contributed by atoms with Crippen molar-refractivity contribution in [2.45, 2.75) is 52.6 Å². The van der Waals surface area contributed by atoms with Crippen LogP contribution >= 0.6 is 0 Å². The summed E-state index contributed by atoms with van der Waals surface area (Å²) in [5, 5.41) is 28.5. The Labute approximate surface area is 170 Å². The number of benzene rings is 2. The molecule has 1 heterocycles. The van der Waals surface area contributed by atoms with Gasteiger partial charge in [0, 0.05) is 13.0 Å². The number of carbonyl (C=O) groups is 1. The van der Waals surface area contributed by atoms with Crippen molar-refractivity contribution in [2.24, 2.45) is 12.5 Å². The standard InChI is InChI=1S/C23H27N3O3/c1-13-17(8-9-19-21(13)24-25-26(19)4)20(23(2,3)22(28)29)15-10-14-6-5-7-18(14)16(11-15)12-27/h8-11,20,27H,5-7,12H2,1-4H3,(H,28,29). The Balaban J connectivity index is 1.98. The number of aliphatic hydroxyl groups excluding tert-OH is 1. The van der Waals surface area contributed by atoms with Crippen molar-refractivity contribution in [3.8, 4) is 0 Å². The number of hydrogen-bond acceptors (Lipinski definition) is 4. The van der Waals surface area contributed by atoms with Gasteiger partial charge >= 0.3 is 5.97 Å². The van der Waals surface area contributed by atoms with Crippen LogP contribution in [0.2, 0.25) is 0 Å². The van der Waals surface area contributed by atoms with Crippen LogP contribution in [0.4, 0.5) is 0 Å². The average molecular weight is 393 g/mol. The van der Waals surface area contributed by atoms with Gasteiger partial charge in [-0.05, 0) is 79.5 Å². The zero-order valence-corrected chi connectivity index (χ0v) is 17.4. The highest BCUT2D eigenvalue weighted by Gasteiger charge is 2.40. The molecule has 2 N–H and O–H groups in total. The second-order valence-electron chi connectivity index (χ2n) is 8.65. The molecule has 0 saturated carbocycles. The SMILES string of the molecule is Cc1c(C(c2cc(CO)c3c(c2)CCC3)C(C)(C)C(=O)O)ccc2c1nnn2C. The third kappa shape index (κ3) is 3.02. The van der Waals surface area contributed by atoms with E-state index in [0.29, 0.717) is 0 Å². The number of hydrogen-bond donors (Lipinski definition) is 2. The van der Waals surface area contributed by atoms with Gasteiger partial charge in [-0.1, -0.05) is 23.4 Å². The van der Waals surface area contributed by atoms with Crippen LogP contribution in [0.3, 0.4) is 0 Å². The molecule has 0 radical (unpaired) electrons. The van der Waals surface area contributed by atoms with E-state index in [1.165, 1.54) is 11.1 Å². The number of aromatic nitrogens is 3. The molecular weight excluding hydrogens is 366 g/mol. The van der Waals surface area contributed by atoms with Crippen LogP contribution in [0.25, 0.3) is 11.0 Å². The number of carboxylic acids is 1. The zero-order chi connectivity index (χ0) is 20.9. The maximum Gasteiger partial charge on any atom is 0.310 e. The Bertz CT molecular complexity index is 1110. The summed E-state index contributed by atoms with van der Waals surface area (Å²) in [7, 11) is 1.85. The molecule has 1 aliphatic carbocycles. The van der Waals surface area contributed by atoms with Gasteiger partial charge in [-0.3, -0.25) is 4.79 Å². The van der Waals surface area contributed by atoms with Crippen molar-refractivity contribution in [2.75, 3.05) is 0 Å². The third-order valence-electron chi connectivity index (χ3n) is 6.50. The highest BCUT2D eigenvalue weighted by Crippen LogP contribution is 2.45. The van der Waals surface area contributed by atoms with Crippen molar-refractivity contribution < 1.29 is 15.0 Å². The van der Waals surface area contributed by atoms with E-state index in [1.807, 2.05) is 32.2 Å². The molecule has 0 aliphatic heterocycles. The van der Waals surface area contributed by atoms with Crippen molar-refractivity contribution in [1.82, 2.24) is 15.0 Å².